The minimum atomic E-state index is -3.63. The Labute approximate surface area is 254 Å². The molecule has 0 aromatic heterocycles. The van der Waals surface area contributed by atoms with Gasteiger partial charge in [0, 0.05) is 42.6 Å². The first-order valence-corrected chi connectivity index (χ1v) is 16.0. The van der Waals surface area contributed by atoms with E-state index in [1.54, 1.807) is 47.4 Å². The van der Waals surface area contributed by atoms with Crippen LogP contribution < -0.4 is 14.4 Å². The fraction of sp³-hybridized carbons (Fsp3) is 0.375. The Hall–Kier alpha value is -3.56. The van der Waals surface area contributed by atoms with E-state index < -0.39 is 21.6 Å². The average molecular weight is 614 g/mol. The standard InChI is InChI=1S/C32H40ClN3O5S/c1-32(2,3)34-31(38)29(21-24-12-7-6-8-13-24)35(23-25-14-9-15-26(33)20-25)30(37)18-11-19-36(42(5,39)40)27-16-10-17-28(22-27)41-4/h6-10,12-17,20,22,29H,11,18-19,21,23H2,1-5H3,(H,34,38)/t29-/m0/s1. The van der Waals surface area contributed by atoms with E-state index in [-0.39, 0.29) is 37.7 Å². The maximum absolute atomic E-state index is 13.9. The van der Waals surface area contributed by atoms with Gasteiger partial charge in [-0.1, -0.05) is 60.1 Å². The van der Waals surface area contributed by atoms with E-state index in [0.717, 1.165) is 17.4 Å². The van der Waals surface area contributed by atoms with Crippen LogP contribution in [0.25, 0.3) is 0 Å². The van der Waals surface area contributed by atoms with E-state index in [1.165, 1.54) is 11.4 Å². The molecule has 42 heavy (non-hydrogen) atoms. The SMILES string of the molecule is COc1cccc(N(CCCC(=O)N(Cc2cccc(Cl)c2)[C@@H](Cc2ccccc2)C(=O)NC(C)(C)C)S(C)(=O)=O)c1. The zero-order chi connectivity index (χ0) is 30.9. The van der Waals surface area contributed by atoms with Crippen LogP contribution in [0.4, 0.5) is 5.69 Å². The zero-order valence-corrected chi connectivity index (χ0v) is 26.4. The Kier molecular flexibility index (Phi) is 11.4. The van der Waals surface area contributed by atoms with Crippen molar-refractivity contribution in [1.29, 1.82) is 0 Å². The number of hydrogen-bond acceptors (Lipinski definition) is 5. The number of rotatable bonds is 13. The molecule has 0 radical (unpaired) electrons. The number of carbonyl (C=O) groups is 2. The Bertz CT molecular complexity index is 1460. The monoisotopic (exact) mass is 613 g/mol. The number of halogens is 1. The molecule has 0 saturated heterocycles. The van der Waals surface area contributed by atoms with Crippen LogP contribution in [-0.4, -0.2) is 56.6 Å². The third-order valence-corrected chi connectivity index (χ3v) is 7.93. The Morgan fingerprint density at radius 3 is 2.24 bits per heavy atom. The largest absolute Gasteiger partial charge is 0.497 e. The van der Waals surface area contributed by atoms with Crippen molar-refractivity contribution in [3.63, 3.8) is 0 Å². The summed E-state index contributed by atoms with van der Waals surface area (Å²) in [6, 6.07) is 22.7. The van der Waals surface area contributed by atoms with E-state index in [9.17, 15) is 18.0 Å². The van der Waals surface area contributed by atoms with Crippen LogP contribution >= 0.6 is 11.6 Å². The summed E-state index contributed by atoms with van der Waals surface area (Å²) in [7, 11) is -2.12. The maximum atomic E-state index is 13.9. The molecular weight excluding hydrogens is 574 g/mol. The molecule has 0 heterocycles. The molecule has 10 heteroatoms. The van der Waals surface area contributed by atoms with Crippen molar-refractivity contribution >= 4 is 39.1 Å². The van der Waals surface area contributed by atoms with E-state index in [2.05, 4.69) is 5.32 Å². The van der Waals surface area contributed by atoms with Gasteiger partial charge in [0.2, 0.25) is 21.8 Å². The van der Waals surface area contributed by atoms with E-state index in [0.29, 0.717) is 22.9 Å². The molecule has 0 aliphatic rings. The van der Waals surface area contributed by atoms with Crippen molar-refractivity contribution in [1.82, 2.24) is 10.2 Å². The smallest absolute Gasteiger partial charge is 0.243 e. The fourth-order valence-electron chi connectivity index (χ4n) is 4.61. The highest BCUT2D eigenvalue weighted by Gasteiger charge is 2.32. The molecule has 2 amide bonds. The first-order valence-electron chi connectivity index (χ1n) is 13.8. The van der Waals surface area contributed by atoms with Gasteiger partial charge in [-0.3, -0.25) is 13.9 Å². The van der Waals surface area contributed by atoms with Gasteiger partial charge in [0.15, 0.2) is 0 Å². The lowest BCUT2D eigenvalue weighted by Gasteiger charge is -2.34. The second-order valence-corrected chi connectivity index (χ2v) is 13.6. The molecule has 1 N–H and O–H groups in total. The summed E-state index contributed by atoms with van der Waals surface area (Å²) >= 11 is 6.25. The normalized spacial score (nSPS) is 12.3. The first-order chi connectivity index (χ1) is 19.8. The molecule has 3 aromatic rings. The molecular formula is C32H40ClN3O5S. The molecule has 0 spiro atoms. The fourth-order valence-corrected chi connectivity index (χ4v) is 5.78. The van der Waals surface area contributed by atoms with Gasteiger partial charge in [0.1, 0.15) is 11.8 Å². The highest BCUT2D eigenvalue weighted by Crippen LogP contribution is 2.24. The molecule has 226 valence electrons. The number of ether oxygens (including phenoxy) is 1. The summed E-state index contributed by atoms with van der Waals surface area (Å²) in [5, 5.41) is 3.57. The molecule has 0 aliphatic heterocycles. The molecule has 0 unspecified atom stereocenters. The number of carbonyl (C=O) groups excluding carboxylic acids is 2. The lowest BCUT2D eigenvalue weighted by molar-refractivity contribution is -0.142. The van der Waals surface area contributed by atoms with Crippen LogP contribution in [0.3, 0.4) is 0 Å². The van der Waals surface area contributed by atoms with E-state index in [1.807, 2.05) is 57.2 Å². The molecule has 3 aromatic carbocycles. The van der Waals surface area contributed by atoms with Gasteiger partial charge in [-0.25, -0.2) is 8.42 Å². The number of sulfonamides is 1. The second-order valence-electron chi connectivity index (χ2n) is 11.2. The minimum absolute atomic E-state index is 0.0324. The van der Waals surface area contributed by atoms with Gasteiger partial charge < -0.3 is 15.0 Å². The molecule has 1 atom stereocenters. The van der Waals surface area contributed by atoms with Crippen LogP contribution in [-0.2, 0) is 32.6 Å². The molecule has 3 rings (SSSR count). The number of nitrogens with zero attached hydrogens (tertiary/aromatic N) is 2. The Morgan fingerprint density at radius 1 is 0.952 bits per heavy atom. The van der Waals surface area contributed by atoms with Crippen LogP contribution in [0.15, 0.2) is 78.9 Å². The van der Waals surface area contributed by atoms with Crippen molar-refractivity contribution in [2.45, 2.75) is 58.2 Å². The first kappa shape index (κ1) is 32.9. The summed E-state index contributed by atoms with van der Waals surface area (Å²) in [5.41, 5.74) is 1.64. The quantitative estimate of drug-likeness (QED) is 0.277. The molecule has 0 fully saturated rings. The molecule has 0 aliphatic carbocycles. The number of amides is 2. The molecule has 8 nitrogen and oxygen atoms in total. The number of hydrogen-bond donors (Lipinski definition) is 1. The summed E-state index contributed by atoms with van der Waals surface area (Å²) in [6.45, 7) is 5.93. The predicted molar refractivity (Wildman–Crippen MR) is 168 cm³/mol. The van der Waals surface area contributed by atoms with Crippen LogP contribution in [0.5, 0.6) is 5.75 Å². The van der Waals surface area contributed by atoms with Crippen molar-refractivity contribution in [2.24, 2.45) is 0 Å². The van der Waals surface area contributed by atoms with Crippen molar-refractivity contribution < 1.29 is 22.7 Å². The minimum Gasteiger partial charge on any atom is -0.497 e. The van der Waals surface area contributed by atoms with Gasteiger partial charge >= 0.3 is 0 Å². The third-order valence-electron chi connectivity index (χ3n) is 6.50. The lowest BCUT2D eigenvalue weighted by atomic mass is 10.00. The number of methoxy groups -OCH3 is 1. The van der Waals surface area contributed by atoms with Crippen molar-refractivity contribution in [3.05, 3.63) is 95.0 Å². The number of benzene rings is 3. The highest BCUT2D eigenvalue weighted by molar-refractivity contribution is 7.92. The van der Waals surface area contributed by atoms with Crippen LogP contribution in [0.2, 0.25) is 5.02 Å². The van der Waals surface area contributed by atoms with Crippen LogP contribution in [0.1, 0.15) is 44.7 Å². The summed E-state index contributed by atoms with van der Waals surface area (Å²) in [4.78, 5) is 29.2. The van der Waals surface area contributed by atoms with Gasteiger partial charge in [-0.05, 0) is 62.6 Å². The summed E-state index contributed by atoms with van der Waals surface area (Å²) in [6.07, 6.45) is 1.72. The Balaban J connectivity index is 1.91. The summed E-state index contributed by atoms with van der Waals surface area (Å²) < 4.78 is 31.9. The predicted octanol–water partition coefficient (Wildman–Crippen LogP) is 5.45. The zero-order valence-electron chi connectivity index (χ0n) is 24.8. The number of nitrogens with one attached hydrogen (secondary N) is 1. The number of anilines is 1. The second kappa shape index (κ2) is 14.6. The van der Waals surface area contributed by atoms with Crippen molar-refractivity contribution in [3.8, 4) is 5.75 Å². The van der Waals surface area contributed by atoms with Crippen LogP contribution in [0, 0.1) is 0 Å². The van der Waals surface area contributed by atoms with Gasteiger partial charge in [-0.2, -0.15) is 0 Å². The average Bonchev–Trinajstić information content (AvgIpc) is 2.92. The topological polar surface area (TPSA) is 96.0 Å². The molecule has 0 bridgehead atoms. The van der Waals surface area contributed by atoms with E-state index in [4.69, 9.17) is 16.3 Å². The Morgan fingerprint density at radius 2 is 1.62 bits per heavy atom. The van der Waals surface area contributed by atoms with Gasteiger partial charge in [-0.15, -0.1) is 0 Å². The summed E-state index contributed by atoms with van der Waals surface area (Å²) in [5.74, 6) is -0.00605. The van der Waals surface area contributed by atoms with Gasteiger partial charge in [0.05, 0.1) is 19.1 Å². The highest BCUT2D eigenvalue weighted by atomic mass is 35.5. The van der Waals surface area contributed by atoms with Gasteiger partial charge in [0.25, 0.3) is 0 Å². The third kappa shape index (κ3) is 10.1. The maximum Gasteiger partial charge on any atom is 0.243 e. The lowest BCUT2D eigenvalue weighted by Crippen LogP contribution is -2.54. The van der Waals surface area contributed by atoms with Crippen molar-refractivity contribution in [2.75, 3.05) is 24.2 Å². The van der Waals surface area contributed by atoms with E-state index >= 15 is 0 Å². The molecule has 0 saturated carbocycles.